The van der Waals surface area contributed by atoms with Crippen molar-refractivity contribution in [3.8, 4) is 11.8 Å². The smallest absolute Gasteiger partial charge is 0.329 e. The van der Waals surface area contributed by atoms with Crippen LogP contribution in [0.3, 0.4) is 0 Å². The molecule has 0 amide bonds. The van der Waals surface area contributed by atoms with Crippen LogP contribution in [0.15, 0.2) is 18.2 Å². The molecule has 0 atom stereocenters. The van der Waals surface area contributed by atoms with Gasteiger partial charge in [0.25, 0.3) is 0 Å². The molecule has 0 aliphatic heterocycles. The van der Waals surface area contributed by atoms with Crippen molar-refractivity contribution in [2.24, 2.45) is 5.84 Å². The second-order valence-electron chi connectivity index (χ2n) is 2.95. The molecule has 0 unspecified atom stereocenters. The largest absolute Gasteiger partial charge is 0.490 e. The summed E-state index contributed by atoms with van der Waals surface area (Å²) in [7, 11) is 0. The van der Waals surface area contributed by atoms with Gasteiger partial charge in [-0.1, -0.05) is 5.59 Å². The standard InChI is InChI=1S/C10H10FN3O3/c11-8-5-7(6-12)1-2-9(8)16-4-3-10(15)17-14-13/h1-2,5,14H,3-4,13H2. The van der Waals surface area contributed by atoms with Crippen LogP contribution < -0.4 is 16.2 Å². The highest BCUT2D eigenvalue weighted by Gasteiger charge is 2.07. The Hall–Kier alpha value is -2.17. The molecule has 0 saturated heterocycles. The van der Waals surface area contributed by atoms with Gasteiger partial charge in [0.15, 0.2) is 11.6 Å². The average molecular weight is 239 g/mol. The molecule has 0 spiro atoms. The molecule has 0 radical (unpaired) electrons. The van der Waals surface area contributed by atoms with Crippen LogP contribution in [0.2, 0.25) is 0 Å². The maximum absolute atomic E-state index is 13.3. The van der Waals surface area contributed by atoms with E-state index in [0.717, 1.165) is 6.07 Å². The van der Waals surface area contributed by atoms with Crippen molar-refractivity contribution in [3.05, 3.63) is 29.6 Å². The summed E-state index contributed by atoms with van der Waals surface area (Å²) >= 11 is 0. The second kappa shape index (κ2) is 6.42. The maximum atomic E-state index is 13.3. The monoisotopic (exact) mass is 239 g/mol. The molecular formula is C10H10FN3O3. The van der Waals surface area contributed by atoms with Crippen LogP contribution in [-0.2, 0) is 9.63 Å². The van der Waals surface area contributed by atoms with Gasteiger partial charge in [-0.2, -0.15) is 5.26 Å². The van der Waals surface area contributed by atoms with E-state index in [0.29, 0.717) is 0 Å². The normalized spacial score (nSPS) is 9.47. The highest BCUT2D eigenvalue weighted by molar-refractivity contribution is 5.69. The number of halogens is 1. The molecule has 1 aromatic carbocycles. The Morgan fingerprint density at radius 2 is 2.35 bits per heavy atom. The predicted octanol–water partition coefficient (Wildman–Crippen LogP) is 0.388. The fraction of sp³-hybridized carbons (Fsp3) is 0.200. The van der Waals surface area contributed by atoms with Crippen LogP contribution in [0.4, 0.5) is 4.39 Å². The highest BCUT2D eigenvalue weighted by atomic mass is 19.1. The number of carbonyl (C=O) groups excluding carboxylic acids is 1. The van der Waals surface area contributed by atoms with Gasteiger partial charge in [-0.15, -0.1) is 0 Å². The van der Waals surface area contributed by atoms with Crippen LogP contribution in [0.25, 0.3) is 0 Å². The minimum Gasteiger partial charge on any atom is -0.490 e. The first-order chi connectivity index (χ1) is 8.17. The third-order valence-corrected chi connectivity index (χ3v) is 1.80. The lowest BCUT2D eigenvalue weighted by molar-refractivity contribution is -0.151. The van der Waals surface area contributed by atoms with E-state index in [-0.39, 0.29) is 24.3 Å². The summed E-state index contributed by atoms with van der Waals surface area (Å²) in [4.78, 5) is 15.1. The van der Waals surface area contributed by atoms with E-state index < -0.39 is 11.8 Å². The van der Waals surface area contributed by atoms with Crippen molar-refractivity contribution in [1.29, 1.82) is 5.26 Å². The SMILES string of the molecule is N#Cc1ccc(OCCC(=O)ONN)c(F)c1. The number of benzene rings is 1. The number of nitrogens with one attached hydrogen (secondary N) is 1. The Bertz CT molecular complexity index is 445. The molecule has 0 aromatic heterocycles. The molecule has 3 N–H and O–H groups in total. The number of ether oxygens (including phenoxy) is 1. The van der Waals surface area contributed by atoms with E-state index in [9.17, 15) is 9.18 Å². The van der Waals surface area contributed by atoms with Crippen LogP contribution in [-0.4, -0.2) is 12.6 Å². The molecule has 90 valence electrons. The Morgan fingerprint density at radius 1 is 1.59 bits per heavy atom. The number of nitrogens with two attached hydrogens (primary N) is 1. The third-order valence-electron chi connectivity index (χ3n) is 1.80. The van der Waals surface area contributed by atoms with Gasteiger partial charge in [0.05, 0.1) is 24.7 Å². The number of nitrogens with zero attached hydrogens (tertiary/aromatic N) is 1. The van der Waals surface area contributed by atoms with Crippen molar-refractivity contribution in [3.63, 3.8) is 0 Å². The first-order valence-corrected chi connectivity index (χ1v) is 4.65. The van der Waals surface area contributed by atoms with Crippen molar-refractivity contribution in [1.82, 2.24) is 5.59 Å². The molecule has 0 bridgehead atoms. The lowest BCUT2D eigenvalue weighted by Gasteiger charge is -2.06. The van der Waals surface area contributed by atoms with Crippen LogP contribution in [0, 0.1) is 17.1 Å². The first-order valence-electron chi connectivity index (χ1n) is 4.65. The zero-order chi connectivity index (χ0) is 12.7. The summed E-state index contributed by atoms with van der Waals surface area (Å²) in [6.45, 7) is -0.0522. The number of rotatable bonds is 5. The quantitative estimate of drug-likeness (QED) is 0.569. The fourth-order valence-electron chi connectivity index (χ4n) is 1.05. The van der Waals surface area contributed by atoms with E-state index in [1.165, 1.54) is 12.1 Å². The van der Waals surface area contributed by atoms with Crippen molar-refractivity contribution in [2.45, 2.75) is 6.42 Å². The molecule has 0 heterocycles. The molecule has 6 nitrogen and oxygen atoms in total. The molecule has 1 aromatic rings. The number of carbonyl (C=O) groups is 1. The summed E-state index contributed by atoms with van der Waals surface area (Å²) < 4.78 is 18.3. The summed E-state index contributed by atoms with van der Waals surface area (Å²) in [5.74, 6) is 3.43. The van der Waals surface area contributed by atoms with Crippen molar-refractivity contribution in [2.75, 3.05) is 6.61 Å². The maximum Gasteiger partial charge on any atom is 0.329 e. The van der Waals surface area contributed by atoms with Gasteiger partial charge in [-0.05, 0) is 18.2 Å². The van der Waals surface area contributed by atoms with Gasteiger partial charge in [0.1, 0.15) is 0 Å². The molecule has 17 heavy (non-hydrogen) atoms. The van der Waals surface area contributed by atoms with Gasteiger partial charge in [-0.25, -0.2) is 10.2 Å². The minimum absolute atomic E-state index is 0.0301. The zero-order valence-corrected chi connectivity index (χ0v) is 8.77. The Labute approximate surface area is 96.7 Å². The van der Waals surface area contributed by atoms with Crippen LogP contribution in [0.1, 0.15) is 12.0 Å². The van der Waals surface area contributed by atoms with Gasteiger partial charge in [-0.3, -0.25) is 4.79 Å². The summed E-state index contributed by atoms with van der Waals surface area (Å²) in [5.41, 5.74) is 1.92. The van der Waals surface area contributed by atoms with Gasteiger partial charge in [0, 0.05) is 0 Å². The summed E-state index contributed by atoms with van der Waals surface area (Å²) in [6.07, 6.45) is -0.0797. The van der Waals surface area contributed by atoms with Crippen LogP contribution in [0.5, 0.6) is 5.75 Å². The first kappa shape index (κ1) is 12.9. The topological polar surface area (TPSA) is 97.4 Å². The lowest BCUT2D eigenvalue weighted by Crippen LogP contribution is -2.27. The molecule has 0 fully saturated rings. The number of nitriles is 1. The Morgan fingerprint density at radius 3 is 2.94 bits per heavy atom. The van der Waals surface area contributed by atoms with Gasteiger partial charge < -0.3 is 9.57 Å². The molecule has 0 aliphatic carbocycles. The predicted molar refractivity (Wildman–Crippen MR) is 54.6 cm³/mol. The molecule has 7 heteroatoms. The average Bonchev–Trinajstić information content (AvgIpc) is 2.31. The minimum atomic E-state index is -0.658. The summed E-state index contributed by atoms with van der Waals surface area (Å²) in [6, 6.07) is 5.58. The highest BCUT2D eigenvalue weighted by Crippen LogP contribution is 2.17. The van der Waals surface area contributed by atoms with Gasteiger partial charge >= 0.3 is 5.97 Å². The Kier molecular flexibility index (Phi) is 4.87. The molecule has 0 saturated carbocycles. The van der Waals surface area contributed by atoms with E-state index >= 15 is 0 Å². The molecule has 1 rings (SSSR count). The summed E-state index contributed by atoms with van der Waals surface area (Å²) in [5, 5.41) is 8.52. The third kappa shape index (κ3) is 4.06. The molecular weight excluding hydrogens is 229 g/mol. The van der Waals surface area contributed by atoms with E-state index in [1.54, 1.807) is 11.7 Å². The van der Waals surface area contributed by atoms with Gasteiger partial charge in [0.2, 0.25) is 0 Å². The van der Waals surface area contributed by atoms with E-state index in [4.69, 9.17) is 15.8 Å². The Balaban J connectivity index is 2.47. The zero-order valence-electron chi connectivity index (χ0n) is 8.77. The number of hydrogen-bond donors (Lipinski definition) is 2. The number of hydrazine groups is 1. The van der Waals surface area contributed by atoms with Crippen LogP contribution >= 0.6 is 0 Å². The second-order valence-corrected chi connectivity index (χ2v) is 2.95. The van der Waals surface area contributed by atoms with E-state index in [1.807, 2.05) is 0 Å². The fourth-order valence-corrected chi connectivity index (χ4v) is 1.05. The van der Waals surface area contributed by atoms with Crippen molar-refractivity contribution < 1.29 is 18.8 Å². The lowest BCUT2D eigenvalue weighted by atomic mass is 10.2. The van der Waals surface area contributed by atoms with Crippen molar-refractivity contribution >= 4 is 5.97 Å². The van der Waals surface area contributed by atoms with E-state index in [2.05, 4.69) is 4.84 Å². The molecule has 0 aliphatic rings. The number of hydrogen-bond acceptors (Lipinski definition) is 6.